The number of carbonyl (C=O) groups excluding carboxylic acids is 2. The molecule has 0 radical (unpaired) electrons. The number of esters is 1. The van der Waals surface area contributed by atoms with Crippen LogP contribution in [0.1, 0.15) is 43.0 Å². The minimum Gasteiger partial charge on any atom is -0.493 e. The molecular formula is C19H25NO6. The minimum atomic E-state index is -0.605. The molecule has 1 aliphatic carbocycles. The molecule has 1 N–H and O–H groups in total. The maximum absolute atomic E-state index is 12.3. The molecule has 1 aromatic carbocycles. The second-order valence-electron chi connectivity index (χ2n) is 6.71. The first-order valence-corrected chi connectivity index (χ1v) is 9.02. The van der Waals surface area contributed by atoms with E-state index in [1.165, 1.54) is 19.6 Å². The summed E-state index contributed by atoms with van der Waals surface area (Å²) < 4.78 is 21.4. The van der Waals surface area contributed by atoms with Gasteiger partial charge in [-0.2, -0.15) is 0 Å². The second kappa shape index (κ2) is 8.29. The molecule has 0 spiro atoms. The molecule has 142 valence electrons. The van der Waals surface area contributed by atoms with E-state index in [2.05, 4.69) is 12.2 Å². The molecule has 7 nitrogen and oxygen atoms in total. The summed E-state index contributed by atoms with van der Waals surface area (Å²) in [5.74, 6) is 0.871. The minimum absolute atomic E-state index is 0.157. The Morgan fingerprint density at radius 2 is 1.96 bits per heavy atom. The quantitative estimate of drug-likeness (QED) is 0.809. The molecule has 7 heteroatoms. The van der Waals surface area contributed by atoms with Crippen molar-refractivity contribution in [3.8, 4) is 17.2 Å². The van der Waals surface area contributed by atoms with Crippen molar-refractivity contribution >= 4 is 11.9 Å². The van der Waals surface area contributed by atoms with Gasteiger partial charge in [0.25, 0.3) is 5.91 Å². The summed E-state index contributed by atoms with van der Waals surface area (Å²) in [6.07, 6.45) is 4.41. The number of benzene rings is 1. The summed E-state index contributed by atoms with van der Waals surface area (Å²) >= 11 is 0. The van der Waals surface area contributed by atoms with Crippen LogP contribution in [0.3, 0.4) is 0 Å². The number of hydrogen-bond acceptors (Lipinski definition) is 6. The van der Waals surface area contributed by atoms with Crippen molar-refractivity contribution in [1.29, 1.82) is 0 Å². The van der Waals surface area contributed by atoms with E-state index in [1.807, 2.05) is 0 Å². The molecule has 0 aromatic heterocycles. The molecule has 1 amide bonds. The predicted octanol–water partition coefficient (Wildman–Crippen LogP) is 2.32. The summed E-state index contributed by atoms with van der Waals surface area (Å²) in [5, 5.41) is 2.96. The van der Waals surface area contributed by atoms with E-state index >= 15 is 0 Å². The lowest BCUT2D eigenvalue weighted by molar-refractivity contribution is -0.125. The van der Waals surface area contributed by atoms with E-state index in [4.69, 9.17) is 18.9 Å². The van der Waals surface area contributed by atoms with Crippen molar-refractivity contribution in [3.05, 3.63) is 17.7 Å². The SMILES string of the molecule is COc1cc(C(=O)OCC(=O)N[C@@H]2CCCC[C@@H]2C)cc2c1OCCO2. The van der Waals surface area contributed by atoms with E-state index in [0.29, 0.717) is 36.4 Å². The van der Waals surface area contributed by atoms with Gasteiger partial charge in [-0.05, 0) is 30.9 Å². The first-order valence-electron chi connectivity index (χ1n) is 9.02. The Hall–Kier alpha value is -2.44. The number of rotatable bonds is 5. The molecule has 2 aliphatic rings. The Labute approximate surface area is 152 Å². The van der Waals surface area contributed by atoms with Gasteiger partial charge in [-0.3, -0.25) is 4.79 Å². The fourth-order valence-electron chi connectivity index (χ4n) is 3.38. The third kappa shape index (κ3) is 4.20. The molecule has 26 heavy (non-hydrogen) atoms. The van der Waals surface area contributed by atoms with Crippen LogP contribution in [-0.2, 0) is 9.53 Å². The highest BCUT2D eigenvalue weighted by Crippen LogP contribution is 2.40. The lowest BCUT2D eigenvalue weighted by Crippen LogP contribution is -2.42. The van der Waals surface area contributed by atoms with Gasteiger partial charge in [0.15, 0.2) is 18.1 Å². The van der Waals surface area contributed by atoms with Gasteiger partial charge in [0.05, 0.1) is 12.7 Å². The molecule has 1 aliphatic heterocycles. The standard InChI is InChI=1S/C19H25NO6/c1-12-5-3-4-6-14(12)20-17(21)11-26-19(22)13-9-15(23-2)18-16(10-13)24-7-8-25-18/h9-10,12,14H,3-8,11H2,1-2H3,(H,20,21)/t12-,14+/m0/s1. The topological polar surface area (TPSA) is 83.1 Å². The number of hydrogen-bond donors (Lipinski definition) is 1. The van der Waals surface area contributed by atoms with Crippen LogP contribution in [0.25, 0.3) is 0 Å². The number of carbonyl (C=O) groups is 2. The van der Waals surface area contributed by atoms with Crippen molar-refractivity contribution in [1.82, 2.24) is 5.32 Å². The van der Waals surface area contributed by atoms with Crippen LogP contribution < -0.4 is 19.5 Å². The van der Waals surface area contributed by atoms with E-state index in [0.717, 1.165) is 19.3 Å². The summed E-state index contributed by atoms with van der Waals surface area (Å²) in [5.41, 5.74) is 0.255. The van der Waals surface area contributed by atoms with E-state index in [-0.39, 0.29) is 24.1 Å². The first kappa shape index (κ1) is 18.4. The van der Waals surface area contributed by atoms with E-state index in [9.17, 15) is 9.59 Å². The Morgan fingerprint density at radius 3 is 2.73 bits per heavy atom. The monoisotopic (exact) mass is 363 g/mol. The number of methoxy groups -OCH3 is 1. The Morgan fingerprint density at radius 1 is 1.19 bits per heavy atom. The summed E-state index contributed by atoms with van der Waals surface area (Å²) in [4.78, 5) is 24.4. The fourth-order valence-corrected chi connectivity index (χ4v) is 3.38. The highest BCUT2D eigenvalue weighted by atomic mass is 16.6. The van der Waals surface area contributed by atoms with Crippen molar-refractivity contribution in [2.75, 3.05) is 26.9 Å². The van der Waals surface area contributed by atoms with Crippen LogP contribution in [0.2, 0.25) is 0 Å². The molecule has 1 heterocycles. The van der Waals surface area contributed by atoms with Gasteiger partial charge in [0.1, 0.15) is 13.2 Å². The Balaban J connectivity index is 1.58. The van der Waals surface area contributed by atoms with Gasteiger partial charge >= 0.3 is 5.97 Å². The maximum atomic E-state index is 12.3. The average molecular weight is 363 g/mol. The number of nitrogens with one attached hydrogen (secondary N) is 1. The van der Waals surface area contributed by atoms with Crippen molar-refractivity contribution in [3.63, 3.8) is 0 Å². The average Bonchev–Trinajstić information content (AvgIpc) is 2.67. The van der Waals surface area contributed by atoms with Crippen LogP contribution in [0.5, 0.6) is 17.2 Å². The molecular weight excluding hydrogens is 338 g/mol. The van der Waals surface area contributed by atoms with E-state index < -0.39 is 5.97 Å². The Bertz CT molecular complexity index is 657. The zero-order chi connectivity index (χ0) is 18.5. The third-order valence-corrected chi connectivity index (χ3v) is 4.86. The first-order chi connectivity index (χ1) is 12.6. The molecule has 2 atom stereocenters. The number of ether oxygens (including phenoxy) is 4. The second-order valence-corrected chi connectivity index (χ2v) is 6.71. The van der Waals surface area contributed by atoms with Gasteiger partial charge in [0.2, 0.25) is 5.75 Å². The Kier molecular flexibility index (Phi) is 5.85. The zero-order valence-corrected chi connectivity index (χ0v) is 15.2. The molecule has 0 bridgehead atoms. The molecule has 1 aromatic rings. The zero-order valence-electron chi connectivity index (χ0n) is 15.2. The largest absolute Gasteiger partial charge is 0.493 e. The summed E-state index contributed by atoms with van der Waals surface area (Å²) in [7, 11) is 1.49. The predicted molar refractivity (Wildman–Crippen MR) is 93.8 cm³/mol. The lowest BCUT2D eigenvalue weighted by atomic mass is 9.86. The maximum Gasteiger partial charge on any atom is 0.338 e. The van der Waals surface area contributed by atoms with Crippen LogP contribution in [-0.4, -0.2) is 44.8 Å². The molecule has 0 saturated heterocycles. The molecule has 1 fully saturated rings. The highest BCUT2D eigenvalue weighted by Gasteiger charge is 2.24. The fraction of sp³-hybridized carbons (Fsp3) is 0.579. The lowest BCUT2D eigenvalue weighted by Gasteiger charge is -2.29. The molecule has 0 unspecified atom stereocenters. The summed E-state index contributed by atoms with van der Waals surface area (Å²) in [6.45, 7) is 2.65. The van der Waals surface area contributed by atoms with Gasteiger partial charge in [-0.1, -0.05) is 19.8 Å². The van der Waals surface area contributed by atoms with Gasteiger partial charge in [0, 0.05) is 6.04 Å². The third-order valence-electron chi connectivity index (χ3n) is 4.86. The smallest absolute Gasteiger partial charge is 0.338 e. The molecule has 1 saturated carbocycles. The van der Waals surface area contributed by atoms with Crippen molar-refractivity contribution < 1.29 is 28.5 Å². The van der Waals surface area contributed by atoms with Crippen LogP contribution in [0.4, 0.5) is 0 Å². The summed E-state index contributed by atoms with van der Waals surface area (Å²) in [6, 6.07) is 3.22. The van der Waals surface area contributed by atoms with Gasteiger partial charge < -0.3 is 24.3 Å². The van der Waals surface area contributed by atoms with Crippen LogP contribution in [0, 0.1) is 5.92 Å². The normalized spacial score (nSPS) is 21.6. The van der Waals surface area contributed by atoms with Crippen molar-refractivity contribution in [2.45, 2.75) is 38.6 Å². The van der Waals surface area contributed by atoms with Crippen molar-refractivity contribution in [2.24, 2.45) is 5.92 Å². The van der Waals surface area contributed by atoms with Crippen LogP contribution in [0.15, 0.2) is 12.1 Å². The molecule has 3 rings (SSSR count). The van der Waals surface area contributed by atoms with Gasteiger partial charge in [-0.25, -0.2) is 4.79 Å². The van der Waals surface area contributed by atoms with E-state index in [1.54, 1.807) is 6.07 Å². The number of amides is 1. The van der Waals surface area contributed by atoms with Crippen LogP contribution >= 0.6 is 0 Å². The highest BCUT2D eigenvalue weighted by molar-refractivity contribution is 5.92. The number of fused-ring (bicyclic) bond motifs is 1. The van der Waals surface area contributed by atoms with Gasteiger partial charge in [-0.15, -0.1) is 0 Å².